The molecule has 2 aromatic rings. The Morgan fingerprint density at radius 3 is 2.31 bits per heavy atom. The normalized spacial score (nSPS) is 14.5. The van der Waals surface area contributed by atoms with Crippen molar-refractivity contribution in [3.05, 3.63) is 69.3 Å². The van der Waals surface area contributed by atoms with Crippen LogP contribution in [0.4, 0.5) is 11.4 Å². The van der Waals surface area contributed by atoms with Crippen LogP contribution in [0.2, 0.25) is 0 Å². The quantitative estimate of drug-likeness (QED) is 0.633. The first-order valence-electron chi connectivity index (χ1n) is 8.16. The molecule has 7 heteroatoms. The molecule has 0 aliphatic heterocycles. The Morgan fingerprint density at radius 2 is 1.77 bits per heavy atom. The second-order valence-corrected chi connectivity index (χ2v) is 6.64. The predicted molar refractivity (Wildman–Crippen MR) is 95.0 cm³/mol. The Labute approximate surface area is 149 Å². The fraction of sp³-hybridized carbons (Fsp3) is 0.263. The van der Waals surface area contributed by atoms with Crippen LogP contribution in [0, 0.1) is 22.5 Å². The molecule has 0 radical (unpaired) electrons. The molecule has 134 valence electrons. The van der Waals surface area contributed by atoms with Crippen molar-refractivity contribution in [1.82, 2.24) is 0 Å². The number of rotatable bonds is 5. The highest BCUT2D eigenvalue weighted by atomic mass is 16.6. The average Bonchev–Trinajstić information content (AvgIpc) is 2.95. The third kappa shape index (κ3) is 3.15. The zero-order valence-electron chi connectivity index (χ0n) is 14.2. The summed E-state index contributed by atoms with van der Waals surface area (Å²) in [5.74, 6) is -1.48. The van der Waals surface area contributed by atoms with E-state index in [2.05, 4.69) is 5.32 Å². The van der Waals surface area contributed by atoms with E-state index in [0.29, 0.717) is 24.1 Å². The summed E-state index contributed by atoms with van der Waals surface area (Å²) in [4.78, 5) is 34.9. The Balaban J connectivity index is 1.80. The van der Waals surface area contributed by atoms with Crippen LogP contribution in [0.1, 0.15) is 23.1 Å². The molecule has 0 spiro atoms. The van der Waals surface area contributed by atoms with Gasteiger partial charge in [0.15, 0.2) is 0 Å². The molecule has 0 heterocycles. The van der Waals surface area contributed by atoms with Crippen molar-refractivity contribution in [1.29, 1.82) is 0 Å². The van der Waals surface area contributed by atoms with Gasteiger partial charge in [-0.2, -0.15) is 0 Å². The van der Waals surface area contributed by atoms with Crippen LogP contribution >= 0.6 is 0 Å². The molecule has 0 saturated carbocycles. The summed E-state index contributed by atoms with van der Waals surface area (Å²) < 4.78 is 0. The molecule has 1 aliphatic rings. The van der Waals surface area contributed by atoms with E-state index in [1.54, 1.807) is 13.0 Å². The summed E-state index contributed by atoms with van der Waals surface area (Å²) in [5, 5.41) is 23.4. The van der Waals surface area contributed by atoms with E-state index in [-0.39, 0.29) is 12.1 Å². The number of nitro groups is 1. The number of benzene rings is 2. The second-order valence-electron chi connectivity index (χ2n) is 6.64. The molecule has 0 bridgehead atoms. The number of nitro benzene ring substituents is 1. The Morgan fingerprint density at radius 1 is 1.15 bits per heavy atom. The van der Waals surface area contributed by atoms with Gasteiger partial charge >= 0.3 is 5.97 Å². The molecule has 2 N–H and O–H groups in total. The number of fused-ring (bicyclic) bond motifs is 1. The zero-order valence-corrected chi connectivity index (χ0v) is 14.2. The number of amides is 1. The summed E-state index contributed by atoms with van der Waals surface area (Å²) >= 11 is 0. The number of aliphatic carboxylic acids is 1. The second kappa shape index (κ2) is 6.59. The van der Waals surface area contributed by atoms with Crippen LogP contribution in [0.3, 0.4) is 0 Å². The van der Waals surface area contributed by atoms with Gasteiger partial charge in [0.25, 0.3) is 5.69 Å². The lowest BCUT2D eigenvalue weighted by atomic mass is 9.81. The summed E-state index contributed by atoms with van der Waals surface area (Å²) in [5.41, 5.74) is 1.25. The van der Waals surface area contributed by atoms with Gasteiger partial charge < -0.3 is 10.4 Å². The van der Waals surface area contributed by atoms with Gasteiger partial charge in [0.05, 0.1) is 21.6 Å². The van der Waals surface area contributed by atoms with E-state index < -0.39 is 22.2 Å². The van der Waals surface area contributed by atoms with E-state index in [1.807, 2.05) is 24.3 Å². The lowest BCUT2D eigenvalue weighted by Crippen LogP contribution is -2.36. The van der Waals surface area contributed by atoms with Crippen LogP contribution in [-0.2, 0) is 22.4 Å². The fourth-order valence-electron chi connectivity index (χ4n) is 3.50. The average molecular weight is 354 g/mol. The van der Waals surface area contributed by atoms with Gasteiger partial charge in [0, 0.05) is 12.5 Å². The van der Waals surface area contributed by atoms with Gasteiger partial charge in [0.2, 0.25) is 5.91 Å². The Bertz CT molecular complexity index is 882. The van der Waals surface area contributed by atoms with Gasteiger partial charge in [0.1, 0.15) is 0 Å². The van der Waals surface area contributed by atoms with Gasteiger partial charge in [-0.15, -0.1) is 0 Å². The zero-order chi connectivity index (χ0) is 18.9. The standard InChI is InChI=1S/C19H18N2O5/c1-12-15(7-4-8-16(12)21(25)26)20-17(22)11-19(18(23)24)9-13-5-2-3-6-14(13)10-19/h2-8H,9-11H2,1H3,(H,20,22)(H,23,24). The number of nitrogens with zero attached hydrogens (tertiary/aromatic N) is 1. The minimum Gasteiger partial charge on any atom is -0.481 e. The van der Waals surface area contributed by atoms with Crippen molar-refractivity contribution < 1.29 is 19.6 Å². The third-order valence-corrected chi connectivity index (χ3v) is 4.90. The fourth-order valence-corrected chi connectivity index (χ4v) is 3.50. The summed E-state index contributed by atoms with van der Waals surface area (Å²) in [7, 11) is 0. The molecule has 0 unspecified atom stereocenters. The number of carboxylic acids is 1. The number of hydrogen-bond donors (Lipinski definition) is 2. The van der Waals surface area contributed by atoms with Gasteiger partial charge in [-0.05, 0) is 37.0 Å². The number of anilines is 1. The Hall–Kier alpha value is -3.22. The SMILES string of the molecule is Cc1c(NC(=O)CC2(C(=O)O)Cc3ccccc3C2)cccc1[N+](=O)[O-]. The molecule has 0 saturated heterocycles. The highest BCUT2D eigenvalue weighted by Crippen LogP contribution is 2.40. The highest BCUT2D eigenvalue weighted by Gasteiger charge is 2.45. The first-order chi connectivity index (χ1) is 12.3. The van der Waals surface area contributed by atoms with E-state index in [4.69, 9.17) is 0 Å². The number of carbonyl (C=O) groups is 2. The van der Waals surface area contributed by atoms with Crippen molar-refractivity contribution in [2.75, 3.05) is 5.32 Å². The molecule has 1 amide bonds. The van der Waals surface area contributed by atoms with Gasteiger partial charge in [-0.25, -0.2) is 0 Å². The van der Waals surface area contributed by atoms with E-state index in [1.165, 1.54) is 12.1 Å². The maximum absolute atomic E-state index is 12.5. The van der Waals surface area contributed by atoms with E-state index in [9.17, 15) is 24.8 Å². The van der Waals surface area contributed by atoms with Gasteiger partial charge in [-0.3, -0.25) is 19.7 Å². The van der Waals surface area contributed by atoms with Gasteiger partial charge in [-0.1, -0.05) is 30.3 Å². The first kappa shape index (κ1) is 17.6. The van der Waals surface area contributed by atoms with E-state index in [0.717, 1.165) is 11.1 Å². The number of carboxylic acid groups (broad SMARTS) is 1. The molecule has 0 fully saturated rings. The summed E-state index contributed by atoms with van der Waals surface area (Å²) in [6.07, 6.45) is 0.388. The Kier molecular flexibility index (Phi) is 4.46. The van der Waals surface area contributed by atoms with Crippen LogP contribution in [-0.4, -0.2) is 21.9 Å². The number of hydrogen-bond acceptors (Lipinski definition) is 4. The molecule has 0 atom stereocenters. The van der Waals surface area contributed by atoms with Crippen LogP contribution < -0.4 is 5.32 Å². The minimum atomic E-state index is -1.19. The highest BCUT2D eigenvalue weighted by molar-refractivity contribution is 5.95. The van der Waals surface area contributed by atoms with Crippen LogP contribution in [0.5, 0.6) is 0 Å². The molecule has 3 rings (SSSR count). The molecule has 2 aromatic carbocycles. The third-order valence-electron chi connectivity index (χ3n) is 4.90. The monoisotopic (exact) mass is 354 g/mol. The van der Waals surface area contributed by atoms with Crippen molar-refractivity contribution >= 4 is 23.3 Å². The minimum absolute atomic E-state index is 0.0935. The van der Waals surface area contributed by atoms with Crippen molar-refractivity contribution in [3.63, 3.8) is 0 Å². The summed E-state index contributed by atoms with van der Waals surface area (Å²) in [6.45, 7) is 1.55. The van der Waals surface area contributed by atoms with Crippen LogP contribution in [0.25, 0.3) is 0 Å². The molecular formula is C19H18N2O5. The van der Waals surface area contributed by atoms with Crippen molar-refractivity contribution in [3.8, 4) is 0 Å². The lowest BCUT2D eigenvalue weighted by Gasteiger charge is -2.23. The predicted octanol–water partition coefficient (Wildman–Crippen LogP) is 3.10. The smallest absolute Gasteiger partial charge is 0.310 e. The molecule has 26 heavy (non-hydrogen) atoms. The van der Waals surface area contributed by atoms with E-state index >= 15 is 0 Å². The largest absolute Gasteiger partial charge is 0.481 e. The maximum atomic E-state index is 12.5. The number of nitrogens with one attached hydrogen (secondary N) is 1. The molecule has 1 aliphatic carbocycles. The first-order valence-corrected chi connectivity index (χ1v) is 8.16. The molecule has 7 nitrogen and oxygen atoms in total. The topological polar surface area (TPSA) is 110 Å². The molecular weight excluding hydrogens is 336 g/mol. The van der Waals surface area contributed by atoms with Crippen LogP contribution in [0.15, 0.2) is 42.5 Å². The number of carbonyl (C=O) groups excluding carboxylic acids is 1. The lowest BCUT2D eigenvalue weighted by molar-refractivity contribution is -0.385. The van der Waals surface area contributed by atoms with Crippen molar-refractivity contribution in [2.24, 2.45) is 5.41 Å². The summed E-state index contributed by atoms with van der Waals surface area (Å²) in [6, 6.07) is 11.9. The van der Waals surface area contributed by atoms with Crippen molar-refractivity contribution in [2.45, 2.75) is 26.2 Å². The molecule has 0 aromatic heterocycles. The maximum Gasteiger partial charge on any atom is 0.310 e.